The van der Waals surface area contributed by atoms with Crippen molar-refractivity contribution < 1.29 is 9.09 Å². The minimum atomic E-state index is -3.03. The maximum absolute atomic E-state index is 13.9. The van der Waals surface area contributed by atoms with Crippen LogP contribution in [0.5, 0.6) is 5.75 Å². The second-order valence-electron chi connectivity index (χ2n) is 6.41. The predicted octanol–water partition coefficient (Wildman–Crippen LogP) is 1.67. The van der Waals surface area contributed by atoms with Gasteiger partial charge >= 0.3 is 7.67 Å². The van der Waals surface area contributed by atoms with E-state index >= 15 is 0 Å². The van der Waals surface area contributed by atoms with Crippen molar-refractivity contribution in [3.05, 3.63) is 30.3 Å². The van der Waals surface area contributed by atoms with Gasteiger partial charge in [0.25, 0.3) is 0 Å². The van der Waals surface area contributed by atoms with Crippen LogP contribution < -0.4 is 4.52 Å². The van der Waals surface area contributed by atoms with E-state index in [1.807, 2.05) is 30.3 Å². The van der Waals surface area contributed by atoms with Crippen molar-refractivity contribution in [1.29, 1.82) is 0 Å². The van der Waals surface area contributed by atoms with Gasteiger partial charge in [0.2, 0.25) is 0 Å². The normalized spacial score (nSPS) is 23.0. The summed E-state index contributed by atoms with van der Waals surface area (Å²) in [5, 5.41) is 0. The first-order chi connectivity index (χ1) is 11.1. The Morgan fingerprint density at radius 2 is 1.22 bits per heavy atom. The van der Waals surface area contributed by atoms with Crippen LogP contribution in [0.1, 0.15) is 0 Å². The van der Waals surface area contributed by atoms with Crippen LogP contribution in [0, 0.1) is 0 Å². The zero-order chi connectivity index (χ0) is 16.3. The fourth-order valence-corrected chi connectivity index (χ4v) is 5.36. The van der Waals surface area contributed by atoms with Crippen molar-refractivity contribution in [3.63, 3.8) is 0 Å². The molecule has 0 bridgehead atoms. The Labute approximate surface area is 139 Å². The van der Waals surface area contributed by atoms with Crippen LogP contribution in [0.3, 0.4) is 0 Å². The second-order valence-corrected chi connectivity index (χ2v) is 8.70. The molecule has 2 heterocycles. The van der Waals surface area contributed by atoms with Crippen molar-refractivity contribution in [1.82, 2.24) is 19.1 Å². The molecule has 0 N–H and O–H groups in total. The summed E-state index contributed by atoms with van der Waals surface area (Å²) in [6.07, 6.45) is 0. The fourth-order valence-electron chi connectivity index (χ4n) is 3.01. The molecule has 0 saturated carbocycles. The fraction of sp³-hybridized carbons (Fsp3) is 0.625. The van der Waals surface area contributed by atoms with E-state index in [0.29, 0.717) is 5.75 Å². The van der Waals surface area contributed by atoms with E-state index in [4.69, 9.17) is 4.52 Å². The zero-order valence-corrected chi connectivity index (χ0v) is 15.0. The summed E-state index contributed by atoms with van der Waals surface area (Å²) in [5.74, 6) is 0.689. The van der Waals surface area contributed by atoms with Crippen LogP contribution in [0.2, 0.25) is 0 Å². The van der Waals surface area contributed by atoms with E-state index in [1.165, 1.54) is 0 Å². The molecule has 23 heavy (non-hydrogen) atoms. The average molecular weight is 338 g/mol. The first-order valence-electron chi connectivity index (χ1n) is 8.30. The lowest BCUT2D eigenvalue weighted by Crippen LogP contribution is -2.50. The van der Waals surface area contributed by atoms with Gasteiger partial charge < -0.3 is 14.3 Å². The monoisotopic (exact) mass is 338 g/mol. The van der Waals surface area contributed by atoms with Gasteiger partial charge in [-0.1, -0.05) is 18.2 Å². The third kappa shape index (κ3) is 3.95. The lowest BCUT2D eigenvalue weighted by atomic mass is 10.3. The third-order valence-electron chi connectivity index (χ3n) is 4.64. The minimum Gasteiger partial charge on any atom is -0.422 e. The van der Waals surface area contributed by atoms with Crippen LogP contribution in [-0.2, 0) is 4.57 Å². The molecule has 2 fully saturated rings. The Kier molecular flexibility index (Phi) is 5.39. The standard InChI is InChI=1S/C16H27N4O2P/c1-17-8-12-19(13-9-17)23(21,20-14-10-18(2)11-15-20)22-16-6-4-3-5-7-16/h3-7H,8-15H2,1-2H3. The molecule has 0 radical (unpaired) electrons. The molecule has 0 atom stereocenters. The number of hydrogen-bond acceptors (Lipinski definition) is 4. The first kappa shape index (κ1) is 16.9. The third-order valence-corrected chi connectivity index (χ3v) is 7.32. The zero-order valence-electron chi connectivity index (χ0n) is 14.1. The van der Waals surface area contributed by atoms with Gasteiger partial charge in [0.1, 0.15) is 5.75 Å². The molecule has 7 heteroatoms. The van der Waals surface area contributed by atoms with E-state index in [-0.39, 0.29) is 0 Å². The van der Waals surface area contributed by atoms with Crippen molar-refractivity contribution >= 4 is 7.67 Å². The number of rotatable bonds is 4. The molecule has 0 aliphatic carbocycles. The van der Waals surface area contributed by atoms with Gasteiger partial charge in [-0.2, -0.15) is 0 Å². The molecule has 1 aromatic rings. The number of hydrogen-bond donors (Lipinski definition) is 0. The number of para-hydroxylation sites is 1. The second kappa shape index (κ2) is 7.32. The predicted molar refractivity (Wildman–Crippen MR) is 92.8 cm³/mol. The van der Waals surface area contributed by atoms with Crippen molar-refractivity contribution in [3.8, 4) is 5.75 Å². The van der Waals surface area contributed by atoms with Gasteiger partial charge in [0.05, 0.1) is 0 Å². The Morgan fingerprint density at radius 3 is 1.65 bits per heavy atom. The number of benzene rings is 1. The lowest BCUT2D eigenvalue weighted by Gasteiger charge is -2.43. The number of nitrogens with zero attached hydrogens (tertiary/aromatic N) is 4. The van der Waals surface area contributed by atoms with E-state index in [0.717, 1.165) is 52.4 Å². The quantitative estimate of drug-likeness (QED) is 0.778. The van der Waals surface area contributed by atoms with E-state index in [9.17, 15) is 4.57 Å². The van der Waals surface area contributed by atoms with Crippen LogP contribution in [-0.4, -0.2) is 85.6 Å². The lowest BCUT2D eigenvalue weighted by molar-refractivity contribution is 0.162. The summed E-state index contributed by atoms with van der Waals surface area (Å²) in [5.41, 5.74) is 0. The summed E-state index contributed by atoms with van der Waals surface area (Å²) in [4.78, 5) is 4.54. The molecule has 0 amide bonds. The summed E-state index contributed by atoms with van der Waals surface area (Å²) >= 11 is 0. The SMILES string of the molecule is CN1CCN(P(=O)(Oc2ccccc2)N2CCN(C)CC2)CC1. The van der Waals surface area contributed by atoms with Crippen LogP contribution in [0.25, 0.3) is 0 Å². The van der Waals surface area contributed by atoms with Gasteiger partial charge in [-0.05, 0) is 26.2 Å². The number of likely N-dealkylation sites (N-methyl/N-ethyl adjacent to an activating group) is 2. The van der Waals surface area contributed by atoms with Crippen molar-refractivity contribution in [2.24, 2.45) is 0 Å². The minimum absolute atomic E-state index is 0.689. The number of piperazine rings is 2. The van der Waals surface area contributed by atoms with Gasteiger partial charge in [-0.3, -0.25) is 0 Å². The van der Waals surface area contributed by atoms with E-state index < -0.39 is 7.67 Å². The molecule has 1 aromatic carbocycles. The van der Waals surface area contributed by atoms with E-state index in [1.54, 1.807) is 0 Å². The molecule has 128 valence electrons. The highest BCUT2D eigenvalue weighted by Gasteiger charge is 2.42. The van der Waals surface area contributed by atoms with Gasteiger partial charge in [-0.15, -0.1) is 0 Å². The Balaban J connectivity index is 1.81. The first-order valence-corrected chi connectivity index (χ1v) is 9.83. The molecule has 2 saturated heterocycles. The maximum Gasteiger partial charge on any atom is 0.395 e. The van der Waals surface area contributed by atoms with Crippen molar-refractivity contribution in [2.45, 2.75) is 0 Å². The molecule has 6 nitrogen and oxygen atoms in total. The average Bonchev–Trinajstić information content (AvgIpc) is 2.57. The van der Waals surface area contributed by atoms with Crippen LogP contribution >= 0.6 is 7.67 Å². The molecule has 2 aliphatic rings. The molecule has 0 aromatic heterocycles. The molecule has 3 rings (SSSR count). The molecule has 0 spiro atoms. The van der Waals surface area contributed by atoms with Crippen LogP contribution in [0.4, 0.5) is 0 Å². The van der Waals surface area contributed by atoms with E-state index in [2.05, 4.69) is 33.2 Å². The Bertz CT molecular complexity index is 514. The van der Waals surface area contributed by atoms with Gasteiger partial charge in [0, 0.05) is 52.4 Å². The molecular formula is C16H27N4O2P. The van der Waals surface area contributed by atoms with Gasteiger partial charge in [0.15, 0.2) is 0 Å². The maximum atomic E-state index is 13.9. The Morgan fingerprint density at radius 1 is 0.783 bits per heavy atom. The Hall–Kier alpha value is -0.910. The molecule has 0 unspecified atom stereocenters. The smallest absolute Gasteiger partial charge is 0.395 e. The largest absolute Gasteiger partial charge is 0.422 e. The van der Waals surface area contributed by atoms with Crippen LogP contribution in [0.15, 0.2) is 30.3 Å². The summed E-state index contributed by atoms with van der Waals surface area (Å²) in [7, 11) is 1.18. The summed E-state index contributed by atoms with van der Waals surface area (Å²) < 4.78 is 24.1. The van der Waals surface area contributed by atoms with Gasteiger partial charge in [-0.25, -0.2) is 13.9 Å². The highest BCUT2D eigenvalue weighted by atomic mass is 31.2. The highest BCUT2D eigenvalue weighted by Crippen LogP contribution is 2.54. The van der Waals surface area contributed by atoms with Crippen molar-refractivity contribution in [2.75, 3.05) is 66.5 Å². The molecule has 2 aliphatic heterocycles. The summed E-state index contributed by atoms with van der Waals surface area (Å²) in [6, 6.07) is 9.57. The topological polar surface area (TPSA) is 39.3 Å². The highest BCUT2D eigenvalue weighted by molar-refractivity contribution is 7.54. The summed E-state index contributed by atoms with van der Waals surface area (Å²) in [6.45, 7) is 6.84. The molecular weight excluding hydrogens is 311 g/mol.